The summed E-state index contributed by atoms with van der Waals surface area (Å²) in [6.45, 7) is 2.52. The van der Waals surface area contributed by atoms with Crippen molar-refractivity contribution in [1.29, 1.82) is 0 Å². The molecular weight excluding hydrogens is 347 g/mol. The van der Waals surface area contributed by atoms with Crippen molar-refractivity contribution in [3.05, 3.63) is 47.7 Å². The Labute approximate surface area is 148 Å². The Morgan fingerprint density at radius 1 is 1.31 bits per heavy atom. The lowest BCUT2D eigenvalue weighted by Crippen LogP contribution is -2.20. The van der Waals surface area contributed by atoms with Gasteiger partial charge in [-0.05, 0) is 37.1 Å². The zero-order chi connectivity index (χ0) is 18.7. The number of halogens is 3. The molecule has 0 bridgehead atoms. The summed E-state index contributed by atoms with van der Waals surface area (Å²) in [6.07, 6.45) is -2.26. The average Bonchev–Trinajstić information content (AvgIpc) is 3.02. The number of likely N-dealkylation sites (N-methyl/N-ethyl adjacent to an activating group) is 1. The third kappa shape index (κ3) is 4.25. The van der Waals surface area contributed by atoms with Crippen LogP contribution in [0.3, 0.4) is 0 Å². The van der Waals surface area contributed by atoms with E-state index in [2.05, 4.69) is 26.9 Å². The second-order valence-electron chi connectivity index (χ2n) is 5.92. The number of nitrogens with zero attached hydrogens (tertiary/aromatic N) is 2. The molecule has 0 aliphatic carbocycles. The van der Waals surface area contributed by atoms with E-state index in [1.807, 2.05) is 18.2 Å². The highest BCUT2D eigenvalue weighted by Gasteiger charge is 2.28. The lowest BCUT2D eigenvalue weighted by Gasteiger charge is -2.17. The van der Waals surface area contributed by atoms with Crippen LogP contribution in [-0.4, -0.2) is 36.8 Å². The van der Waals surface area contributed by atoms with Gasteiger partial charge in [-0.25, -0.2) is 4.98 Å². The summed E-state index contributed by atoms with van der Waals surface area (Å²) in [4.78, 5) is 18.3. The second-order valence-corrected chi connectivity index (χ2v) is 5.92. The molecule has 0 fully saturated rings. The fraction of sp³-hybridized carbons (Fsp3) is 0.333. The number of carbonyl (C=O) groups is 1. The third-order valence-corrected chi connectivity index (χ3v) is 4.10. The molecule has 0 radical (unpaired) electrons. The van der Waals surface area contributed by atoms with E-state index in [0.717, 1.165) is 25.2 Å². The average molecular weight is 365 g/mol. The van der Waals surface area contributed by atoms with Crippen LogP contribution in [0.5, 0.6) is 5.88 Å². The highest BCUT2D eigenvalue weighted by atomic mass is 19.4. The molecule has 1 N–H and O–H groups in total. The summed E-state index contributed by atoms with van der Waals surface area (Å²) in [7, 11) is 0. The van der Waals surface area contributed by atoms with Crippen LogP contribution in [0.4, 0.5) is 24.5 Å². The number of alkyl halides is 3. The van der Waals surface area contributed by atoms with Gasteiger partial charge in [0.1, 0.15) is 0 Å². The van der Waals surface area contributed by atoms with Crippen molar-refractivity contribution in [2.24, 2.45) is 0 Å². The van der Waals surface area contributed by atoms with Crippen LogP contribution >= 0.6 is 0 Å². The number of aromatic nitrogens is 1. The molecule has 2 aromatic rings. The molecule has 0 saturated carbocycles. The van der Waals surface area contributed by atoms with Crippen LogP contribution in [0.25, 0.3) is 0 Å². The normalized spacial score (nSPS) is 13.5. The number of nitrogens with one attached hydrogen (secondary N) is 1. The highest BCUT2D eigenvalue weighted by Crippen LogP contribution is 2.30. The molecule has 0 unspecified atom stereocenters. The first-order valence-corrected chi connectivity index (χ1v) is 8.20. The van der Waals surface area contributed by atoms with Gasteiger partial charge in [0.25, 0.3) is 5.91 Å². The topological polar surface area (TPSA) is 54.5 Å². The molecule has 1 aliphatic heterocycles. The van der Waals surface area contributed by atoms with Gasteiger partial charge in [-0.15, -0.1) is 0 Å². The fourth-order valence-corrected chi connectivity index (χ4v) is 2.81. The Hall–Kier alpha value is -2.77. The molecular formula is C18H18F3N3O2. The first-order valence-electron chi connectivity index (χ1n) is 8.20. The molecule has 2 heterocycles. The summed E-state index contributed by atoms with van der Waals surface area (Å²) >= 11 is 0. The number of fused-ring (bicyclic) bond motifs is 1. The quantitative estimate of drug-likeness (QED) is 0.879. The van der Waals surface area contributed by atoms with Crippen LogP contribution in [-0.2, 0) is 6.42 Å². The summed E-state index contributed by atoms with van der Waals surface area (Å²) in [5, 5.41) is 2.78. The van der Waals surface area contributed by atoms with Gasteiger partial charge in [0.05, 0.1) is 5.56 Å². The predicted octanol–water partition coefficient (Wildman–Crippen LogP) is 3.66. The molecule has 26 heavy (non-hydrogen) atoms. The number of carbonyl (C=O) groups excluding carboxylic acids is 1. The van der Waals surface area contributed by atoms with E-state index in [4.69, 9.17) is 0 Å². The van der Waals surface area contributed by atoms with E-state index >= 15 is 0 Å². The van der Waals surface area contributed by atoms with E-state index < -0.39 is 12.8 Å². The Bertz CT molecular complexity index is 791. The summed E-state index contributed by atoms with van der Waals surface area (Å²) in [6, 6.07) is 8.37. The van der Waals surface area contributed by atoms with Gasteiger partial charge in [-0.2, -0.15) is 13.2 Å². The maximum atomic E-state index is 12.3. The molecule has 0 spiro atoms. The smallest absolute Gasteiger partial charge is 0.422 e. The number of ether oxygens (including phenoxy) is 1. The number of anilines is 2. The van der Waals surface area contributed by atoms with E-state index in [1.54, 1.807) is 0 Å². The second kappa shape index (κ2) is 7.23. The lowest BCUT2D eigenvalue weighted by molar-refractivity contribution is -0.154. The number of amides is 1. The SMILES string of the molecule is CCN1CCc2ccc(NC(=O)c3ccc(OCC(F)(F)F)nc3)cc21. The van der Waals surface area contributed by atoms with Gasteiger partial charge in [-0.3, -0.25) is 4.79 Å². The number of benzene rings is 1. The van der Waals surface area contributed by atoms with Gasteiger partial charge in [0, 0.05) is 36.7 Å². The lowest BCUT2D eigenvalue weighted by atomic mass is 10.1. The molecule has 1 aromatic carbocycles. The summed E-state index contributed by atoms with van der Waals surface area (Å²) in [5.74, 6) is -0.573. The Morgan fingerprint density at radius 2 is 2.12 bits per heavy atom. The molecule has 3 rings (SSSR count). The minimum absolute atomic E-state index is 0.185. The first kappa shape index (κ1) is 18.0. The van der Waals surface area contributed by atoms with Crippen LogP contribution in [0.1, 0.15) is 22.8 Å². The number of hydrogen-bond acceptors (Lipinski definition) is 4. The van der Waals surface area contributed by atoms with Crippen molar-refractivity contribution in [2.75, 3.05) is 29.9 Å². The minimum Gasteiger partial charge on any atom is -0.468 e. The zero-order valence-corrected chi connectivity index (χ0v) is 14.1. The van der Waals surface area contributed by atoms with Gasteiger partial charge in [0.2, 0.25) is 5.88 Å². The van der Waals surface area contributed by atoms with E-state index in [-0.39, 0.29) is 17.4 Å². The molecule has 8 heteroatoms. The maximum absolute atomic E-state index is 12.3. The molecule has 0 saturated heterocycles. The fourth-order valence-electron chi connectivity index (χ4n) is 2.81. The molecule has 1 aromatic heterocycles. The largest absolute Gasteiger partial charge is 0.468 e. The van der Waals surface area contributed by atoms with Crippen molar-refractivity contribution in [3.8, 4) is 5.88 Å². The zero-order valence-electron chi connectivity index (χ0n) is 14.1. The first-order chi connectivity index (χ1) is 12.4. The van der Waals surface area contributed by atoms with Crippen molar-refractivity contribution < 1.29 is 22.7 Å². The van der Waals surface area contributed by atoms with Crippen molar-refractivity contribution in [2.45, 2.75) is 19.5 Å². The molecule has 5 nitrogen and oxygen atoms in total. The monoisotopic (exact) mass is 365 g/mol. The highest BCUT2D eigenvalue weighted by molar-refractivity contribution is 6.04. The van der Waals surface area contributed by atoms with Crippen LogP contribution in [0.2, 0.25) is 0 Å². The van der Waals surface area contributed by atoms with E-state index in [9.17, 15) is 18.0 Å². The van der Waals surface area contributed by atoms with E-state index in [1.165, 1.54) is 23.9 Å². The standard InChI is InChI=1S/C18H18F3N3O2/c1-2-24-8-7-12-3-5-14(9-15(12)24)23-17(25)13-4-6-16(22-10-13)26-11-18(19,20)21/h3-6,9-10H,2,7-8,11H2,1H3,(H,23,25). The predicted molar refractivity (Wildman–Crippen MR) is 91.8 cm³/mol. The summed E-state index contributed by atoms with van der Waals surface area (Å²) in [5.41, 5.74) is 3.25. The van der Waals surface area contributed by atoms with Crippen LogP contribution in [0, 0.1) is 0 Å². The van der Waals surface area contributed by atoms with Gasteiger partial charge in [-0.1, -0.05) is 6.07 Å². The van der Waals surface area contributed by atoms with Gasteiger partial charge >= 0.3 is 6.18 Å². The Balaban J connectivity index is 1.65. The summed E-state index contributed by atoms with van der Waals surface area (Å²) < 4.78 is 40.9. The van der Waals surface area contributed by atoms with Crippen molar-refractivity contribution in [1.82, 2.24) is 4.98 Å². The minimum atomic E-state index is -4.43. The molecule has 1 amide bonds. The molecule has 0 atom stereocenters. The van der Waals surface area contributed by atoms with Gasteiger partial charge < -0.3 is 15.0 Å². The van der Waals surface area contributed by atoms with Gasteiger partial charge in [0.15, 0.2) is 6.61 Å². The maximum Gasteiger partial charge on any atom is 0.422 e. The third-order valence-electron chi connectivity index (χ3n) is 4.10. The molecule has 138 valence electrons. The van der Waals surface area contributed by atoms with Crippen molar-refractivity contribution in [3.63, 3.8) is 0 Å². The van der Waals surface area contributed by atoms with Crippen molar-refractivity contribution >= 4 is 17.3 Å². The number of pyridine rings is 1. The number of hydrogen-bond donors (Lipinski definition) is 1. The number of rotatable bonds is 5. The van der Waals surface area contributed by atoms with Crippen LogP contribution in [0.15, 0.2) is 36.5 Å². The Morgan fingerprint density at radius 3 is 2.77 bits per heavy atom. The van der Waals surface area contributed by atoms with Crippen LogP contribution < -0.4 is 15.0 Å². The van der Waals surface area contributed by atoms with E-state index in [0.29, 0.717) is 5.69 Å². The molecule has 1 aliphatic rings. The Kier molecular flexibility index (Phi) is 5.01.